The molecule has 0 atom stereocenters. The van der Waals surface area contributed by atoms with Gasteiger partial charge in [0.15, 0.2) is 0 Å². The summed E-state index contributed by atoms with van der Waals surface area (Å²) in [4.78, 5) is 2.47. The zero-order chi connectivity index (χ0) is 37.3. The molecule has 0 saturated heterocycles. The molecular weight excluding hydrogens is 677 g/mol. The third kappa shape index (κ3) is 5.95. The third-order valence-electron chi connectivity index (χ3n) is 10.8. The second-order valence-electron chi connectivity index (χ2n) is 14.1. The van der Waals surface area contributed by atoms with Gasteiger partial charge >= 0.3 is 0 Å². The van der Waals surface area contributed by atoms with Crippen LogP contribution in [0.5, 0.6) is 0 Å². The van der Waals surface area contributed by atoms with Crippen LogP contribution in [0, 0.1) is 0 Å². The number of nitrogens with zero attached hydrogens (tertiary/aromatic N) is 2. The first-order valence-corrected chi connectivity index (χ1v) is 19.2. The van der Waals surface area contributed by atoms with Crippen LogP contribution in [0.15, 0.2) is 231 Å². The minimum absolute atomic E-state index is 1.08. The summed E-state index contributed by atoms with van der Waals surface area (Å²) in [6.45, 7) is 0. The standard InChI is InChI=1S/C54H38N2/c1-5-18-39(19-6-1)43-34-37-51(49(38-43)41-22-9-3-10-23-41)56(45-35-32-42(33-36-45)47-27-14-13-26-46(47)40-20-7-2-8-21-40)53-31-17-30-52-54(53)48-28-15-16-29-50(48)55(52)44-24-11-4-12-25-44/h1-38H. The molecule has 264 valence electrons. The van der Waals surface area contributed by atoms with Crippen molar-refractivity contribution < 1.29 is 0 Å². The molecular formula is C54H38N2. The van der Waals surface area contributed by atoms with Crippen molar-refractivity contribution in [2.75, 3.05) is 4.90 Å². The van der Waals surface area contributed by atoms with Crippen molar-refractivity contribution >= 4 is 38.9 Å². The van der Waals surface area contributed by atoms with Crippen molar-refractivity contribution in [1.82, 2.24) is 4.57 Å². The van der Waals surface area contributed by atoms with Gasteiger partial charge in [-0.25, -0.2) is 0 Å². The smallest absolute Gasteiger partial charge is 0.0562 e. The molecule has 0 radical (unpaired) electrons. The molecule has 0 aliphatic heterocycles. The van der Waals surface area contributed by atoms with Crippen molar-refractivity contribution in [2.45, 2.75) is 0 Å². The minimum atomic E-state index is 1.08. The summed E-state index contributed by atoms with van der Waals surface area (Å²) in [6.07, 6.45) is 0. The fourth-order valence-electron chi connectivity index (χ4n) is 8.23. The van der Waals surface area contributed by atoms with Crippen LogP contribution >= 0.6 is 0 Å². The van der Waals surface area contributed by atoms with Crippen LogP contribution in [0.25, 0.3) is 72.0 Å². The maximum atomic E-state index is 2.47. The summed E-state index contributed by atoms with van der Waals surface area (Å²) in [6, 6.07) is 83.1. The molecule has 0 aliphatic rings. The fraction of sp³-hybridized carbons (Fsp3) is 0. The van der Waals surface area contributed by atoms with Crippen LogP contribution in [-0.2, 0) is 0 Å². The molecule has 2 nitrogen and oxygen atoms in total. The van der Waals surface area contributed by atoms with E-state index in [0.29, 0.717) is 0 Å². The number of hydrogen-bond acceptors (Lipinski definition) is 1. The van der Waals surface area contributed by atoms with Crippen molar-refractivity contribution in [3.63, 3.8) is 0 Å². The fourth-order valence-corrected chi connectivity index (χ4v) is 8.23. The number of rotatable bonds is 8. The highest BCUT2D eigenvalue weighted by Gasteiger charge is 2.24. The van der Waals surface area contributed by atoms with Gasteiger partial charge in [-0.2, -0.15) is 0 Å². The Labute approximate surface area is 327 Å². The SMILES string of the molecule is c1ccc(-c2ccc(N(c3ccc(-c4ccccc4-c4ccccc4)cc3)c3cccc4c3c3ccccc3n4-c3ccccc3)c(-c3ccccc3)c2)cc1. The van der Waals surface area contributed by atoms with Crippen molar-refractivity contribution in [3.8, 4) is 50.2 Å². The minimum Gasteiger partial charge on any atom is -0.309 e. The Bertz CT molecular complexity index is 2930. The zero-order valence-corrected chi connectivity index (χ0v) is 30.8. The summed E-state index contributed by atoms with van der Waals surface area (Å²) in [7, 11) is 0. The second-order valence-corrected chi connectivity index (χ2v) is 14.1. The van der Waals surface area contributed by atoms with E-state index in [2.05, 4.69) is 240 Å². The van der Waals surface area contributed by atoms with Crippen LogP contribution in [0.1, 0.15) is 0 Å². The number of fused-ring (bicyclic) bond motifs is 3. The van der Waals surface area contributed by atoms with Crippen molar-refractivity contribution in [3.05, 3.63) is 231 Å². The Hall–Kier alpha value is -7.42. The van der Waals surface area contributed by atoms with Crippen LogP contribution in [-0.4, -0.2) is 4.57 Å². The van der Waals surface area contributed by atoms with Gasteiger partial charge in [0.2, 0.25) is 0 Å². The van der Waals surface area contributed by atoms with Gasteiger partial charge in [0.25, 0.3) is 0 Å². The molecule has 0 spiro atoms. The molecule has 0 bridgehead atoms. The van der Waals surface area contributed by atoms with E-state index in [4.69, 9.17) is 0 Å². The summed E-state index contributed by atoms with van der Waals surface area (Å²) in [5, 5.41) is 2.42. The molecule has 1 aromatic heterocycles. The average molecular weight is 715 g/mol. The van der Waals surface area contributed by atoms with E-state index in [9.17, 15) is 0 Å². The molecule has 0 amide bonds. The van der Waals surface area contributed by atoms with Crippen LogP contribution in [0.3, 0.4) is 0 Å². The average Bonchev–Trinajstić information content (AvgIpc) is 3.63. The predicted molar refractivity (Wildman–Crippen MR) is 237 cm³/mol. The van der Waals surface area contributed by atoms with Crippen LogP contribution < -0.4 is 4.90 Å². The number of benzene rings is 9. The largest absolute Gasteiger partial charge is 0.309 e. The van der Waals surface area contributed by atoms with Crippen LogP contribution in [0.2, 0.25) is 0 Å². The molecule has 0 fully saturated rings. The van der Waals surface area contributed by atoms with E-state index in [0.717, 1.165) is 39.4 Å². The van der Waals surface area contributed by atoms with Gasteiger partial charge in [0, 0.05) is 27.7 Å². The number of anilines is 3. The van der Waals surface area contributed by atoms with Crippen LogP contribution in [0.4, 0.5) is 17.1 Å². The summed E-state index contributed by atoms with van der Waals surface area (Å²) < 4.78 is 2.40. The monoisotopic (exact) mass is 714 g/mol. The van der Waals surface area contributed by atoms with E-state index in [1.54, 1.807) is 0 Å². The van der Waals surface area contributed by atoms with E-state index < -0.39 is 0 Å². The number of aromatic nitrogens is 1. The molecule has 56 heavy (non-hydrogen) atoms. The van der Waals surface area contributed by atoms with Gasteiger partial charge in [0.1, 0.15) is 0 Å². The molecule has 10 rings (SSSR count). The maximum absolute atomic E-state index is 2.47. The van der Waals surface area contributed by atoms with Gasteiger partial charge in [0.05, 0.1) is 22.4 Å². The number of hydrogen-bond donors (Lipinski definition) is 0. The molecule has 0 aliphatic carbocycles. The lowest BCUT2D eigenvalue weighted by Gasteiger charge is -2.29. The van der Waals surface area contributed by atoms with Crippen molar-refractivity contribution in [2.24, 2.45) is 0 Å². The highest BCUT2D eigenvalue weighted by molar-refractivity contribution is 6.17. The highest BCUT2D eigenvalue weighted by atomic mass is 15.2. The Balaban J connectivity index is 1.23. The van der Waals surface area contributed by atoms with E-state index in [1.165, 1.54) is 49.7 Å². The topological polar surface area (TPSA) is 8.17 Å². The van der Waals surface area contributed by atoms with E-state index in [1.807, 2.05) is 0 Å². The van der Waals surface area contributed by atoms with E-state index >= 15 is 0 Å². The highest BCUT2D eigenvalue weighted by Crippen LogP contribution is 2.47. The van der Waals surface area contributed by atoms with Crippen molar-refractivity contribution in [1.29, 1.82) is 0 Å². The molecule has 1 heterocycles. The third-order valence-corrected chi connectivity index (χ3v) is 10.8. The molecule has 0 N–H and O–H groups in total. The summed E-state index contributed by atoms with van der Waals surface area (Å²) >= 11 is 0. The lowest BCUT2D eigenvalue weighted by molar-refractivity contribution is 1.18. The second kappa shape index (κ2) is 14.4. The molecule has 2 heteroatoms. The Morgan fingerprint density at radius 3 is 1.46 bits per heavy atom. The molecule has 0 saturated carbocycles. The Kier molecular flexibility index (Phi) is 8.55. The van der Waals surface area contributed by atoms with Gasteiger partial charge in [-0.3, -0.25) is 0 Å². The van der Waals surface area contributed by atoms with Gasteiger partial charge in [-0.15, -0.1) is 0 Å². The predicted octanol–water partition coefficient (Wildman–Crippen LogP) is 14.9. The van der Waals surface area contributed by atoms with Gasteiger partial charge in [-0.1, -0.05) is 176 Å². The van der Waals surface area contributed by atoms with Gasteiger partial charge < -0.3 is 9.47 Å². The Morgan fingerprint density at radius 1 is 0.304 bits per heavy atom. The first-order valence-electron chi connectivity index (χ1n) is 19.2. The summed E-state index contributed by atoms with van der Waals surface area (Å²) in [5.74, 6) is 0. The Morgan fingerprint density at radius 2 is 0.804 bits per heavy atom. The summed E-state index contributed by atoms with van der Waals surface area (Å²) in [5.41, 5.74) is 16.3. The molecule has 0 unspecified atom stereocenters. The lowest BCUT2D eigenvalue weighted by Crippen LogP contribution is -2.12. The normalized spacial score (nSPS) is 11.2. The first kappa shape index (κ1) is 33.2. The zero-order valence-electron chi connectivity index (χ0n) is 30.8. The maximum Gasteiger partial charge on any atom is 0.0562 e. The molecule has 10 aromatic rings. The molecule has 9 aromatic carbocycles. The van der Waals surface area contributed by atoms with Gasteiger partial charge in [-0.05, 0) is 93.5 Å². The van der Waals surface area contributed by atoms with E-state index in [-0.39, 0.29) is 0 Å². The lowest BCUT2D eigenvalue weighted by atomic mass is 9.94. The first-order chi connectivity index (χ1) is 27.8. The number of para-hydroxylation sites is 2. The quantitative estimate of drug-likeness (QED) is 0.152.